The molecule has 1 aliphatic rings. The van der Waals surface area contributed by atoms with Gasteiger partial charge in [0.05, 0.1) is 6.61 Å². The summed E-state index contributed by atoms with van der Waals surface area (Å²) in [4.78, 5) is 11.5. The number of ether oxygens (including phenoxy) is 1. The van der Waals surface area contributed by atoms with E-state index >= 15 is 0 Å². The molecule has 0 fully saturated rings. The third-order valence-electron chi connectivity index (χ3n) is 3.45. The summed E-state index contributed by atoms with van der Waals surface area (Å²) in [5.74, 6) is 0. The van der Waals surface area contributed by atoms with Gasteiger partial charge in [-0.25, -0.2) is 4.79 Å². The van der Waals surface area contributed by atoms with Gasteiger partial charge in [-0.3, -0.25) is 0 Å². The molecule has 0 aromatic heterocycles. The van der Waals surface area contributed by atoms with Gasteiger partial charge in [-0.05, 0) is 38.7 Å². The van der Waals surface area contributed by atoms with E-state index in [9.17, 15) is 4.79 Å². The molecular formula is C19H27NO2. The number of unbranched alkanes of at least 4 members (excludes halogenated alkanes) is 1. The van der Waals surface area contributed by atoms with Crippen LogP contribution in [0.3, 0.4) is 0 Å². The van der Waals surface area contributed by atoms with E-state index in [0.29, 0.717) is 13.2 Å². The maximum Gasteiger partial charge on any atom is 0.407 e. The minimum atomic E-state index is -0.318. The van der Waals surface area contributed by atoms with Gasteiger partial charge < -0.3 is 10.1 Å². The van der Waals surface area contributed by atoms with Crippen LogP contribution in [0.5, 0.6) is 0 Å². The minimum absolute atomic E-state index is 0.318. The molecule has 1 aliphatic carbocycles. The van der Waals surface area contributed by atoms with Crippen LogP contribution in [0.15, 0.2) is 59.8 Å². The van der Waals surface area contributed by atoms with Crippen LogP contribution in [-0.4, -0.2) is 19.2 Å². The number of hydrogen-bond acceptors (Lipinski definition) is 2. The fourth-order valence-corrected chi connectivity index (χ4v) is 1.92. The topological polar surface area (TPSA) is 38.3 Å². The Balaban J connectivity index is 2.06. The molecule has 0 heterocycles. The quantitative estimate of drug-likeness (QED) is 0.514. The summed E-state index contributed by atoms with van der Waals surface area (Å²) in [7, 11) is 0. The molecule has 0 aromatic rings. The van der Waals surface area contributed by atoms with Crippen LogP contribution in [0, 0.1) is 0 Å². The van der Waals surface area contributed by atoms with Crippen molar-refractivity contribution >= 4 is 6.09 Å². The third kappa shape index (κ3) is 9.01. The zero-order chi connectivity index (χ0) is 16.0. The number of nitrogens with one attached hydrogen (secondary N) is 1. The molecule has 0 aliphatic heterocycles. The average molecular weight is 301 g/mol. The van der Waals surface area contributed by atoms with E-state index < -0.39 is 0 Å². The Kier molecular flexibility index (Phi) is 9.51. The Morgan fingerprint density at radius 1 is 1.18 bits per heavy atom. The lowest BCUT2D eigenvalue weighted by Crippen LogP contribution is -2.25. The normalized spacial score (nSPS) is 17.2. The van der Waals surface area contributed by atoms with Gasteiger partial charge >= 0.3 is 6.09 Å². The van der Waals surface area contributed by atoms with Crippen LogP contribution in [0.1, 0.15) is 39.5 Å². The van der Waals surface area contributed by atoms with Crippen molar-refractivity contribution in [2.45, 2.75) is 39.5 Å². The summed E-state index contributed by atoms with van der Waals surface area (Å²) < 4.78 is 5.11. The first-order chi connectivity index (χ1) is 10.7. The largest absolute Gasteiger partial charge is 0.449 e. The van der Waals surface area contributed by atoms with Crippen molar-refractivity contribution in [1.82, 2.24) is 5.32 Å². The van der Waals surface area contributed by atoms with Crippen LogP contribution in [0.25, 0.3) is 0 Å². The number of hydrogen-bond donors (Lipinski definition) is 1. The van der Waals surface area contributed by atoms with E-state index in [4.69, 9.17) is 4.74 Å². The van der Waals surface area contributed by atoms with Crippen molar-refractivity contribution in [1.29, 1.82) is 0 Å². The molecule has 1 amide bonds. The van der Waals surface area contributed by atoms with Gasteiger partial charge in [0.1, 0.15) is 0 Å². The van der Waals surface area contributed by atoms with E-state index in [1.807, 2.05) is 38.2 Å². The Bertz CT molecular complexity index is 482. The average Bonchev–Trinajstić information content (AvgIpc) is 2.48. The number of allylic oxidation sites excluding steroid dienone is 9. The molecule has 1 rings (SSSR count). The van der Waals surface area contributed by atoms with Crippen molar-refractivity contribution in [3.63, 3.8) is 0 Å². The minimum Gasteiger partial charge on any atom is -0.449 e. The van der Waals surface area contributed by atoms with Gasteiger partial charge in [-0.1, -0.05) is 54.2 Å². The molecule has 22 heavy (non-hydrogen) atoms. The maximum atomic E-state index is 11.5. The zero-order valence-corrected chi connectivity index (χ0v) is 13.7. The Morgan fingerprint density at radius 2 is 1.95 bits per heavy atom. The van der Waals surface area contributed by atoms with Gasteiger partial charge in [-0.15, -0.1) is 0 Å². The molecule has 0 bridgehead atoms. The number of carbonyl (C=O) groups excluding carboxylic acids is 1. The van der Waals surface area contributed by atoms with Crippen LogP contribution >= 0.6 is 0 Å². The summed E-state index contributed by atoms with van der Waals surface area (Å²) >= 11 is 0. The number of alkyl carbamates (subject to hydrolysis) is 1. The highest BCUT2D eigenvalue weighted by Gasteiger charge is 2.01. The van der Waals surface area contributed by atoms with Crippen LogP contribution < -0.4 is 5.32 Å². The van der Waals surface area contributed by atoms with Crippen molar-refractivity contribution in [2.75, 3.05) is 13.2 Å². The van der Waals surface area contributed by atoms with Gasteiger partial charge in [-0.2, -0.15) is 0 Å². The number of rotatable bonds is 8. The molecule has 0 aromatic carbocycles. The van der Waals surface area contributed by atoms with E-state index in [0.717, 1.165) is 25.7 Å². The first-order valence-electron chi connectivity index (χ1n) is 7.95. The van der Waals surface area contributed by atoms with E-state index in [2.05, 4.69) is 29.6 Å². The van der Waals surface area contributed by atoms with Crippen LogP contribution in [0.2, 0.25) is 0 Å². The summed E-state index contributed by atoms with van der Waals surface area (Å²) in [6.07, 6.45) is 20.0. The second kappa shape index (κ2) is 11.6. The number of amides is 1. The molecule has 0 radical (unpaired) electrons. The lowest BCUT2D eigenvalue weighted by molar-refractivity contribution is 0.147. The highest BCUT2D eigenvalue weighted by Crippen LogP contribution is 2.10. The zero-order valence-electron chi connectivity index (χ0n) is 13.7. The van der Waals surface area contributed by atoms with Crippen molar-refractivity contribution in [3.05, 3.63) is 59.8 Å². The van der Waals surface area contributed by atoms with E-state index in [1.54, 1.807) is 0 Å². The summed E-state index contributed by atoms with van der Waals surface area (Å²) in [5, 5.41) is 2.79. The fraction of sp³-hybridized carbons (Fsp3) is 0.421. The van der Waals surface area contributed by atoms with Gasteiger partial charge in [0.15, 0.2) is 0 Å². The molecule has 3 nitrogen and oxygen atoms in total. The SMILES string of the molecule is C/C=C(\C)CCOC(=O)NCCCCC1=C/C=C\C=C/C=C1. The summed E-state index contributed by atoms with van der Waals surface area (Å²) in [6.45, 7) is 5.13. The molecule has 3 heteroatoms. The second-order valence-electron chi connectivity index (χ2n) is 5.28. The molecule has 1 N–H and O–H groups in total. The molecule has 0 atom stereocenters. The number of carbonyl (C=O) groups is 1. The first-order valence-corrected chi connectivity index (χ1v) is 7.95. The standard InChI is InChI=1S/C19H27NO2/c1-3-17(2)14-16-22-19(21)20-15-10-9-13-18-11-7-5-4-6-8-12-18/h3-8,11-12H,9-10,13-16H2,1-2H3,(H,20,21)/b5-4-,6-4?,7-5?,8-6-,11-7?,12-8?,17-3+,18-11?,18-12?. The molecule has 0 unspecified atom stereocenters. The molecule has 0 spiro atoms. The summed E-state index contributed by atoms with van der Waals surface area (Å²) in [5.41, 5.74) is 2.54. The van der Waals surface area contributed by atoms with E-state index in [-0.39, 0.29) is 6.09 Å². The van der Waals surface area contributed by atoms with Crippen molar-refractivity contribution in [3.8, 4) is 0 Å². The lowest BCUT2D eigenvalue weighted by Gasteiger charge is -2.07. The maximum absolute atomic E-state index is 11.5. The first kappa shape index (κ1) is 18.0. The smallest absolute Gasteiger partial charge is 0.407 e. The van der Waals surface area contributed by atoms with Crippen molar-refractivity contribution < 1.29 is 9.53 Å². The van der Waals surface area contributed by atoms with Crippen LogP contribution in [-0.2, 0) is 4.74 Å². The molecule has 120 valence electrons. The summed E-state index contributed by atoms with van der Waals surface area (Å²) in [6, 6.07) is 0. The van der Waals surface area contributed by atoms with E-state index in [1.165, 1.54) is 11.1 Å². The fourth-order valence-electron chi connectivity index (χ4n) is 1.92. The monoisotopic (exact) mass is 301 g/mol. The van der Waals surface area contributed by atoms with Gasteiger partial charge in [0, 0.05) is 13.0 Å². The second-order valence-corrected chi connectivity index (χ2v) is 5.28. The van der Waals surface area contributed by atoms with Gasteiger partial charge in [0.25, 0.3) is 0 Å². The lowest BCUT2D eigenvalue weighted by atomic mass is 10.1. The third-order valence-corrected chi connectivity index (χ3v) is 3.45. The predicted molar refractivity (Wildman–Crippen MR) is 92.8 cm³/mol. The Morgan fingerprint density at radius 3 is 2.77 bits per heavy atom. The highest BCUT2D eigenvalue weighted by molar-refractivity contribution is 5.67. The predicted octanol–water partition coefficient (Wildman–Crippen LogP) is 4.85. The van der Waals surface area contributed by atoms with Gasteiger partial charge in [0.2, 0.25) is 0 Å². The van der Waals surface area contributed by atoms with Crippen LogP contribution in [0.4, 0.5) is 4.79 Å². The highest BCUT2D eigenvalue weighted by atomic mass is 16.5. The van der Waals surface area contributed by atoms with Crippen molar-refractivity contribution in [2.24, 2.45) is 0 Å². The Labute approximate surface area is 134 Å². The molecule has 0 saturated heterocycles. The molecule has 0 saturated carbocycles. The Hall–Kier alpha value is -2.03. The molecular weight excluding hydrogens is 274 g/mol.